The van der Waals surface area contributed by atoms with Crippen molar-refractivity contribution in [3.05, 3.63) is 29.0 Å². The van der Waals surface area contributed by atoms with Gasteiger partial charge in [-0.15, -0.1) is 0 Å². The number of nitrogens with one attached hydrogen (secondary N) is 2. The number of carbonyl (C=O) groups is 1. The maximum atomic E-state index is 13.1. The summed E-state index contributed by atoms with van der Waals surface area (Å²) >= 11 is 5.52. The first-order valence-electron chi connectivity index (χ1n) is 5.80. The Labute approximate surface area is 117 Å². The first-order valence-corrected chi connectivity index (χ1v) is 6.18. The van der Waals surface area contributed by atoms with Crippen LogP contribution in [0, 0.1) is 11.2 Å². The highest BCUT2D eigenvalue weighted by Gasteiger charge is 2.61. The monoisotopic (exact) mass is 310 g/mol. The fraction of sp³-hybridized carbons (Fsp3) is 0.417. The molecule has 0 spiro atoms. The molecule has 1 aliphatic heterocycles. The van der Waals surface area contributed by atoms with E-state index in [0.717, 1.165) is 18.2 Å². The third-order valence-corrected chi connectivity index (χ3v) is 3.60. The first kappa shape index (κ1) is 15.1. The Kier molecular flexibility index (Phi) is 3.93. The van der Waals surface area contributed by atoms with Gasteiger partial charge < -0.3 is 10.6 Å². The Morgan fingerprint density at radius 2 is 2.10 bits per heavy atom. The van der Waals surface area contributed by atoms with Crippen molar-refractivity contribution in [1.82, 2.24) is 5.32 Å². The van der Waals surface area contributed by atoms with Gasteiger partial charge in [0.25, 0.3) is 0 Å². The van der Waals surface area contributed by atoms with Crippen molar-refractivity contribution in [1.29, 1.82) is 0 Å². The Morgan fingerprint density at radius 3 is 2.60 bits per heavy atom. The van der Waals surface area contributed by atoms with Gasteiger partial charge in [-0.1, -0.05) is 11.6 Å². The van der Waals surface area contributed by atoms with Gasteiger partial charge in [-0.3, -0.25) is 4.79 Å². The van der Waals surface area contributed by atoms with Crippen LogP contribution < -0.4 is 10.6 Å². The molecule has 8 heteroatoms. The number of alkyl halides is 3. The van der Waals surface area contributed by atoms with E-state index in [-0.39, 0.29) is 23.7 Å². The minimum atomic E-state index is -4.66. The molecule has 20 heavy (non-hydrogen) atoms. The van der Waals surface area contributed by atoms with Crippen molar-refractivity contribution < 1.29 is 22.4 Å². The molecule has 1 aromatic carbocycles. The molecule has 1 saturated heterocycles. The molecule has 1 aromatic rings. The molecule has 2 rings (SSSR count). The number of anilines is 1. The lowest BCUT2D eigenvalue weighted by molar-refractivity contribution is -0.213. The van der Waals surface area contributed by atoms with Gasteiger partial charge in [0.2, 0.25) is 5.91 Å². The first-order chi connectivity index (χ1) is 9.26. The molecule has 1 amide bonds. The van der Waals surface area contributed by atoms with Crippen molar-refractivity contribution in [3.8, 4) is 0 Å². The Morgan fingerprint density at radius 1 is 1.40 bits per heavy atom. The van der Waals surface area contributed by atoms with E-state index in [2.05, 4.69) is 10.6 Å². The summed E-state index contributed by atoms with van der Waals surface area (Å²) in [5.74, 6) is -1.88. The number of amides is 1. The summed E-state index contributed by atoms with van der Waals surface area (Å²) in [4.78, 5) is 12.0. The Balaban J connectivity index is 2.23. The van der Waals surface area contributed by atoms with E-state index in [9.17, 15) is 22.4 Å². The van der Waals surface area contributed by atoms with Gasteiger partial charge in [-0.2, -0.15) is 13.2 Å². The molecule has 0 saturated carbocycles. The van der Waals surface area contributed by atoms with Crippen LogP contribution in [0.2, 0.25) is 5.02 Å². The molecule has 0 aromatic heterocycles. The minimum absolute atomic E-state index is 0.0249. The third-order valence-electron chi connectivity index (χ3n) is 3.31. The summed E-state index contributed by atoms with van der Waals surface area (Å²) in [6.07, 6.45) is -5.00. The van der Waals surface area contributed by atoms with Gasteiger partial charge in [0.15, 0.2) is 5.41 Å². The molecule has 110 valence electrons. The Hall–Kier alpha value is -1.34. The van der Waals surface area contributed by atoms with Crippen LogP contribution >= 0.6 is 11.6 Å². The lowest BCUT2D eigenvalue weighted by atomic mass is 9.85. The fourth-order valence-electron chi connectivity index (χ4n) is 2.08. The molecule has 2 N–H and O–H groups in total. The summed E-state index contributed by atoms with van der Waals surface area (Å²) in [5, 5.41) is 4.42. The number of carbonyl (C=O) groups excluding carboxylic acids is 1. The van der Waals surface area contributed by atoms with Crippen LogP contribution in [-0.4, -0.2) is 25.2 Å². The molecule has 1 fully saturated rings. The van der Waals surface area contributed by atoms with Crippen LogP contribution in [0.3, 0.4) is 0 Å². The molecule has 0 bridgehead atoms. The molecule has 0 radical (unpaired) electrons. The summed E-state index contributed by atoms with van der Waals surface area (Å²) in [6.45, 7) is -0.367. The van der Waals surface area contributed by atoms with Crippen molar-refractivity contribution in [2.24, 2.45) is 5.41 Å². The van der Waals surface area contributed by atoms with Crippen molar-refractivity contribution in [2.75, 3.05) is 18.4 Å². The number of halogens is 5. The highest BCUT2D eigenvalue weighted by Crippen LogP contribution is 2.43. The van der Waals surface area contributed by atoms with Gasteiger partial charge >= 0.3 is 6.18 Å². The second-order valence-electron chi connectivity index (χ2n) is 4.59. The molecule has 1 heterocycles. The summed E-state index contributed by atoms with van der Waals surface area (Å²) < 4.78 is 52.3. The Bertz CT molecular complexity index is 527. The molecule has 1 atom stereocenters. The van der Waals surface area contributed by atoms with Gasteiger partial charge in [-0.25, -0.2) is 4.39 Å². The van der Waals surface area contributed by atoms with E-state index in [1.165, 1.54) is 0 Å². The molecule has 0 aliphatic carbocycles. The lowest BCUT2D eigenvalue weighted by Crippen LogP contribution is -2.49. The molecular weight excluding hydrogens is 300 g/mol. The third kappa shape index (κ3) is 2.60. The average molecular weight is 311 g/mol. The van der Waals surface area contributed by atoms with E-state index >= 15 is 0 Å². The molecular formula is C12H11ClF4N2O. The maximum absolute atomic E-state index is 13.1. The van der Waals surface area contributed by atoms with Crippen molar-refractivity contribution in [2.45, 2.75) is 12.6 Å². The van der Waals surface area contributed by atoms with Gasteiger partial charge in [-0.05, 0) is 31.2 Å². The van der Waals surface area contributed by atoms with Crippen LogP contribution in [0.15, 0.2) is 18.2 Å². The topological polar surface area (TPSA) is 41.1 Å². The predicted molar refractivity (Wildman–Crippen MR) is 66.0 cm³/mol. The highest BCUT2D eigenvalue weighted by molar-refractivity contribution is 6.31. The lowest BCUT2D eigenvalue weighted by Gasteiger charge is -2.29. The highest BCUT2D eigenvalue weighted by atomic mass is 35.5. The zero-order valence-corrected chi connectivity index (χ0v) is 10.9. The normalized spacial score (nSPS) is 22.9. The fourth-order valence-corrected chi connectivity index (χ4v) is 2.26. The van der Waals surface area contributed by atoms with E-state index in [4.69, 9.17) is 11.6 Å². The van der Waals surface area contributed by atoms with Crippen LogP contribution in [0.5, 0.6) is 0 Å². The molecule has 1 aliphatic rings. The predicted octanol–water partition coefficient (Wildman–Crippen LogP) is 2.96. The summed E-state index contributed by atoms with van der Waals surface area (Å²) in [5.41, 5.74) is -2.44. The van der Waals surface area contributed by atoms with E-state index in [0.29, 0.717) is 0 Å². The number of rotatable bonds is 2. The summed E-state index contributed by atoms with van der Waals surface area (Å²) in [6, 6.07) is 3.21. The van der Waals surface area contributed by atoms with Crippen molar-refractivity contribution >= 4 is 23.2 Å². The van der Waals surface area contributed by atoms with Crippen molar-refractivity contribution in [3.63, 3.8) is 0 Å². The van der Waals surface area contributed by atoms with Gasteiger partial charge in [0.1, 0.15) is 5.82 Å². The number of benzene rings is 1. The average Bonchev–Trinajstić information content (AvgIpc) is 2.84. The minimum Gasteiger partial charge on any atom is -0.325 e. The maximum Gasteiger partial charge on any atom is 0.404 e. The summed E-state index contributed by atoms with van der Waals surface area (Å²) in [7, 11) is 0. The largest absolute Gasteiger partial charge is 0.404 e. The van der Waals surface area contributed by atoms with Crippen LogP contribution in [0.25, 0.3) is 0 Å². The number of hydrogen-bond acceptors (Lipinski definition) is 2. The SMILES string of the molecule is O=C(Nc1ccc(F)c(Cl)c1)C1(C(F)(F)F)CCNC1. The molecule has 1 unspecified atom stereocenters. The van der Waals surface area contributed by atoms with E-state index < -0.39 is 29.9 Å². The zero-order valence-electron chi connectivity index (χ0n) is 10.2. The second kappa shape index (κ2) is 5.21. The van der Waals surface area contributed by atoms with Gasteiger partial charge in [0, 0.05) is 12.2 Å². The van der Waals surface area contributed by atoms with Crippen LogP contribution in [0.4, 0.5) is 23.2 Å². The second-order valence-corrected chi connectivity index (χ2v) is 5.00. The van der Waals surface area contributed by atoms with Crippen LogP contribution in [0.1, 0.15) is 6.42 Å². The standard InChI is InChI=1S/C12H11ClF4N2O/c13-8-5-7(1-2-9(8)14)19-10(20)11(12(15,16)17)3-4-18-6-11/h1-2,5,18H,3-4,6H2,(H,19,20). The quantitative estimate of drug-likeness (QED) is 0.825. The molecule has 3 nitrogen and oxygen atoms in total. The van der Waals surface area contributed by atoms with Gasteiger partial charge in [0.05, 0.1) is 5.02 Å². The number of hydrogen-bond donors (Lipinski definition) is 2. The smallest absolute Gasteiger partial charge is 0.325 e. The van der Waals surface area contributed by atoms with Crippen LogP contribution in [-0.2, 0) is 4.79 Å². The zero-order chi connectivity index (χ0) is 15.0. The van der Waals surface area contributed by atoms with E-state index in [1.807, 2.05) is 0 Å². The van der Waals surface area contributed by atoms with E-state index in [1.54, 1.807) is 0 Å².